The molecule has 1 aliphatic heterocycles. The van der Waals surface area contributed by atoms with E-state index in [9.17, 15) is 0 Å². The second-order valence-corrected chi connectivity index (χ2v) is 4.11. The summed E-state index contributed by atoms with van der Waals surface area (Å²) < 4.78 is 11.3. The fourth-order valence-electron chi connectivity index (χ4n) is 1.76. The SMILES string of the molecule is Cc1ccc(OCC2CCCCO2)cc1. The summed E-state index contributed by atoms with van der Waals surface area (Å²) in [7, 11) is 0. The normalized spacial score (nSPS) is 21.3. The zero-order valence-corrected chi connectivity index (χ0v) is 9.24. The first-order chi connectivity index (χ1) is 7.34. The van der Waals surface area contributed by atoms with Gasteiger partial charge in [0, 0.05) is 6.61 Å². The summed E-state index contributed by atoms with van der Waals surface area (Å²) in [5.41, 5.74) is 1.26. The predicted octanol–water partition coefficient (Wildman–Crippen LogP) is 2.94. The van der Waals surface area contributed by atoms with E-state index >= 15 is 0 Å². The maximum Gasteiger partial charge on any atom is 0.119 e. The summed E-state index contributed by atoms with van der Waals surface area (Å²) >= 11 is 0. The molecule has 0 aliphatic carbocycles. The van der Waals surface area contributed by atoms with Gasteiger partial charge in [-0.05, 0) is 38.3 Å². The van der Waals surface area contributed by atoms with Crippen LogP contribution in [0, 0.1) is 6.92 Å². The van der Waals surface area contributed by atoms with Crippen LogP contribution in [0.2, 0.25) is 0 Å². The highest BCUT2D eigenvalue weighted by atomic mass is 16.5. The monoisotopic (exact) mass is 206 g/mol. The second-order valence-electron chi connectivity index (χ2n) is 4.11. The van der Waals surface area contributed by atoms with Crippen LogP contribution < -0.4 is 4.74 Å². The summed E-state index contributed by atoms with van der Waals surface area (Å²) in [5, 5.41) is 0. The van der Waals surface area contributed by atoms with E-state index in [1.807, 2.05) is 12.1 Å². The van der Waals surface area contributed by atoms with Crippen LogP contribution in [-0.2, 0) is 4.74 Å². The minimum absolute atomic E-state index is 0.292. The first kappa shape index (κ1) is 10.5. The molecule has 0 aromatic heterocycles. The molecule has 0 amide bonds. The highest BCUT2D eigenvalue weighted by molar-refractivity contribution is 5.26. The van der Waals surface area contributed by atoms with Crippen molar-refractivity contribution in [2.45, 2.75) is 32.3 Å². The molecule has 0 N–H and O–H groups in total. The zero-order chi connectivity index (χ0) is 10.5. The van der Waals surface area contributed by atoms with E-state index in [1.165, 1.54) is 18.4 Å². The van der Waals surface area contributed by atoms with Gasteiger partial charge in [-0.1, -0.05) is 17.7 Å². The van der Waals surface area contributed by atoms with E-state index in [0.717, 1.165) is 18.8 Å². The lowest BCUT2D eigenvalue weighted by Crippen LogP contribution is -2.25. The third-order valence-corrected chi connectivity index (χ3v) is 2.73. The van der Waals surface area contributed by atoms with Crippen molar-refractivity contribution in [3.8, 4) is 5.75 Å². The van der Waals surface area contributed by atoms with Crippen molar-refractivity contribution in [1.29, 1.82) is 0 Å². The number of aryl methyl sites for hydroxylation is 1. The lowest BCUT2D eigenvalue weighted by atomic mass is 10.1. The number of hydrogen-bond donors (Lipinski definition) is 0. The van der Waals surface area contributed by atoms with E-state index in [4.69, 9.17) is 9.47 Å². The Labute approximate surface area is 91.2 Å². The quantitative estimate of drug-likeness (QED) is 0.757. The molecule has 0 spiro atoms. The second kappa shape index (κ2) is 5.17. The molecule has 2 rings (SSSR count). The van der Waals surface area contributed by atoms with Crippen molar-refractivity contribution in [1.82, 2.24) is 0 Å². The van der Waals surface area contributed by atoms with Crippen molar-refractivity contribution in [3.05, 3.63) is 29.8 Å². The van der Waals surface area contributed by atoms with E-state index in [2.05, 4.69) is 19.1 Å². The lowest BCUT2D eigenvalue weighted by Gasteiger charge is -2.22. The first-order valence-corrected chi connectivity index (χ1v) is 5.66. The van der Waals surface area contributed by atoms with Gasteiger partial charge >= 0.3 is 0 Å². The van der Waals surface area contributed by atoms with Crippen LogP contribution in [0.5, 0.6) is 5.75 Å². The van der Waals surface area contributed by atoms with Gasteiger partial charge in [0.1, 0.15) is 12.4 Å². The van der Waals surface area contributed by atoms with E-state index in [-0.39, 0.29) is 0 Å². The molecule has 15 heavy (non-hydrogen) atoms. The Morgan fingerprint density at radius 2 is 2.07 bits per heavy atom. The Hall–Kier alpha value is -1.02. The molecular formula is C13H18O2. The molecule has 82 valence electrons. The smallest absolute Gasteiger partial charge is 0.119 e. The number of ether oxygens (including phenoxy) is 2. The number of benzene rings is 1. The highest BCUT2D eigenvalue weighted by Gasteiger charge is 2.14. The summed E-state index contributed by atoms with van der Waals surface area (Å²) in [4.78, 5) is 0. The molecular weight excluding hydrogens is 188 g/mol. The Morgan fingerprint density at radius 1 is 1.27 bits per heavy atom. The Kier molecular flexibility index (Phi) is 3.62. The topological polar surface area (TPSA) is 18.5 Å². The standard InChI is InChI=1S/C13H18O2/c1-11-5-7-12(8-6-11)15-10-13-4-2-3-9-14-13/h5-8,13H,2-4,9-10H2,1H3. The molecule has 1 aromatic carbocycles. The van der Waals surface area contributed by atoms with Gasteiger partial charge in [-0.3, -0.25) is 0 Å². The third kappa shape index (κ3) is 3.24. The van der Waals surface area contributed by atoms with Crippen LogP contribution >= 0.6 is 0 Å². The fraction of sp³-hybridized carbons (Fsp3) is 0.538. The van der Waals surface area contributed by atoms with E-state index in [0.29, 0.717) is 12.7 Å². The molecule has 0 radical (unpaired) electrons. The Balaban J connectivity index is 1.79. The minimum atomic E-state index is 0.292. The molecule has 1 heterocycles. The van der Waals surface area contributed by atoms with Crippen molar-refractivity contribution < 1.29 is 9.47 Å². The van der Waals surface area contributed by atoms with E-state index < -0.39 is 0 Å². The molecule has 2 nitrogen and oxygen atoms in total. The molecule has 0 bridgehead atoms. The number of rotatable bonds is 3. The average molecular weight is 206 g/mol. The van der Waals surface area contributed by atoms with Crippen molar-refractivity contribution in [3.63, 3.8) is 0 Å². The van der Waals surface area contributed by atoms with Gasteiger partial charge in [-0.2, -0.15) is 0 Å². The van der Waals surface area contributed by atoms with Crippen LogP contribution in [0.15, 0.2) is 24.3 Å². The van der Waals surface area contributed by atoms with Gasteiger partial charge in [-0.25, -0.2) is 0 Å². The van der Waals surface area contributed by atoms with Gasteiger partial charge in [-0.15, -0.1) is 0 Å². The van der Waals surface area contributed by atoms with Crippen LogP contribution in [0.4, 0.5) is 0 Å². The summed E-state index contributed by atoms with van der Waals surface area (Å²) in [6, 6.07) is 8.16. The Morgan fingerprint density at radius 3 is 2.73 bits per heavy atom. The van der Waals surface area contributed by atoms with Crippen LogP contribution in [0.1, 0.15) is 24.8 Å². The van der Waals surface area contributed by atoms with E-state index in [1.54, 1.807) is 0 Å². The van der Waals surface area contributed by atoms with Gasteiger partial charge in [0.2, 0.25) is 0 Å². The Bertz CT molecular complexity index is 286. The van der Waals surface area contributed by atoms with Gasteiger partial charge in [0.15, 0.2) is 0 Å². The predicted molar refractivity (Wildman–Crippen MR) is 60.3 cm³/mol. The maximum absolute atomic E-state index is 5.68. The molecule has 2 heteroatoms. The molecule has 1 aromatic rings. The molecule has 1 saturated heterocycles. The van der Waals surface area contributed by atoms with Crippen LogP contribution in [0.3, 0.4) is 0 Å². The van der Waals surface area contributed by atoms with Crippen molar-refractivity contribution >= 4 is 0 Å². The first-order valence-electron chi connectivity index (χ1n) is 5.66. The molecule has 1 unspecified atom stereocenters. The molecule has 1 atom stereocenters. The zero-order valence-electron chi connectivity index (χ0n) is 9.24. The van der Waals surface area contributed by atoms with Crippen LogP contribution in [-0.4, -0.2) is 19.3 Å². The maximum atomic E-state index is 5.68. The lowest BCUT2D eigenvalue weighted by molar-refractivity contribution is -0.0110. The van der Waals surface area contributed by atoms with Crippen molar-refractivity contribution in [2.24, 2.45) is 0 Å². The highest BCUT2D eigenvalue weighted by Crippen LogP contribution is 2.16. The molecule has 0 saturated carbocycles. The average Bonchev–Trinajstić information content (AvgIpc) is 2.30. The van der Waals surface area contributed by atoms with Gasteiger partial charge < -0.3 is 9.47 Å². The van der Waals surface area contributed by atoms with Crippen molar-refractivity contribution in [2.75, 3.05) is 13.2 Å². The van der Waals surface area contributed by atoms with Gasteiger partial charge in [0.25, 0.3) is 0 Å². The third-order valence-electron chi connectivity index (χ3n) is 2.73. The molecule has 1 aliphatic rings. The largest absolute Gasteiger partial charge is 0.491 e. The summed E-state index contributed by atoms with van der Waals surface area (Å²) in [6.07, 6.45) is 3.88. The number of hydrogen-bond acceptors (Lipinski definition) is 2. The minimum Gasteiger partial charge on any atom is -0.491 e. The van der Waals surface area contributed by atoms with Gasteiger partial charge in [0.05, 0.1) is 6.10 Å². The molecule has 1 fully saturated rings. The summed E-state index contributed by atoms with van der Waals surface area (Å²) in [5.74, 6) is 0.940. The van der Waals surface area contributed by atoms with Crippen LogP contribution in [0.25, 0.3) is 0 Å². The summed E-state index contributed by atoms with van der Waals surface area (Å²) in [6.45, 7) is 3.65. The fourth-order valence-corrected chi connectivity index (χ4v) is 1.76.